The third kappa shape index (κ3) is 3.18. The lowest BCUT2D eigenvalue weighted by atomic mass is 10.1. The van der Waals surface area contributed by atoms with E-state index in [4.69, 9.17) is 16.3 Å². The molecule has 2 aromatic rings. The predicted molar refractivity (Wildman–Crippen MR) is 71.0 cm³/mol. The number of nitrogens with one attached hydrogen (secondary N) is 1. The molecule has 2 heterocycles. The van der Waals surface area contributed by atoms with Crippen molar-refractivity contribution in [3.05, 3.63) is 47.4 Å². The minimum atomic E-state index is 0.243. The lowest BCUT2D eigenvalue weighted by Gasteiger charge is -2.11. The van der Waals surface area contributed by atoms with Gasteiger partial charge in [-0.15, -0.1) is 0 Å². The monoisotopic (exact) mass is 263 g/mol. The van der Waals surface area contributed by atoms with Crippen molar-refractivity contribution < 1.29 is 4.74 Å². The molecule has 0 aromatic carbocycles. The highest BCUT2D eigenvalue weighted by atomic mass is 35.5. The molecule has 0 spiro atoms. The smallest absolute Gasteiger partial charge is 0.219 e. The molecular formula is C13H14ClN3O. The van der Waals surface area contributed by atoms with Gasteiger partial charge >= 0.3 is 0 Å². The Morgan fingerprint density at radius 3 is 2.89 bits per heavy atom. The summed E-state index contributed by atoms with van der Waals surface area (Å²) in [5.74, 6) is 1.10. The second-order valence-corrected chi connectivity index (χ2v) is 4.32. The maximum atomic E-state index is 5.84. The summed E-state index contributed by atoms with van der Waals surface area (Å²) in [7, 11) is 1.91. The summed E-state index contributed by atoms with van der Waals surface area (Å²) in [6.07, 6.45) is 4.87. The largest absolute Gasteiger partial charge is 0.437 e. The van der Waals surface area contributed by atoms with Crippen LogP contribution in [0.15, 0.2) is 36.8 Å². The van der Waals surface area contributed by atoms with E-state index in [1.807, 2.05) is 19.2 Å². The third-order valence-electron chi connectivity index (χ3n) is 2.59. The zero-order chi connectivity index (χ0) is 13.0. The first-order chi connectivity index (χ1) is 8.69. The Morgan fingerprint density at radius 1 is 1.33 bits per heavy atom. The zero-order valence-electron chi connectivity index (χ0n) is 10.2. The first-order valence-electron chi connectivity index (χ1n) is 5.60. The van der Waals surface area contributed by atoms with Gasteiger partial charge in [-0.05, 0) is 25.6 Å². The van der Waals surface area contributed by atoms with Crippen LogP contribution < -0.4 is 10.1 Å². The van der Waals surface area contributed by atoms with Crippen LogP contribution in [0.3, 0.4) is 0 Å². The fourth-order valence-electron chi connectivity index (χ4n) is 1.49. The molecule has 5 heteroatoms. The summed E-state index contributed by atoms with van der Waals surface area (Å²) >= 11 is 5.84. The lowest BCUT2D eigenvalue weighted by Crippen LogP contribution is -2.12. The molecule has 0 aliphatic rings. The molecule has 0 amide bonds. The van der Waals surface area contributed by atoms with Gasteiger partial charge in [-0.3, -0.25) is 4.98 Å². The van der Waals surface area contributed by atoms with Crippen molar-refractivity contribution in [2.45, 2.75) is 13.0 Å². The molecule has 0 aliphatic heterocycles. The molecule has 94 valence electrons. The van der Waals surface area contributed by atoms with Crippen LogP contribution >= 0.6 is 11.6 Å². The first-order valence-corrected chi connectivity index (χ1v) is 5.98. The second-order valence-electron chi connectivity index (χ2n) is 3.88. The molecular weight excluding hydrogens is 250 g/mol. The highest BCUT2D eigenvalue weighted by Gasteiger charge is 2.05. The summed E-state index contributed by atoms with van der Waals surface area (Å²) in [5, 5.41) is 3.70. The Morgan fingerprint density at radius 2 is 2.17 bits per heavy atom. The van der Waals surface area contributed by atoms with Crippen molar-refractivity contribution in [2.75, 3.05) is 7.05 Å². The van der Waals surface area contributed by atoms with Gasteiger partial charge in [-0.25, -0.2) is 4.98 Å². The number of hydrogen-bond acceptors (Lipinski definition) is 4. The molecule has 2 rings (SSSR count). The third-order valence-corrected chi connectivity index (χ3v) is 2.80. The molecule has 0 aliphatic carbocycles. The van der Waals surface area contributed by atoms with Crippen molar-refractivity contribution in [1.29, 1.82) is 0 Å². The fourth-order valence-corrected chi connectivity index (χ4v) is 1.65. The van der Waals surface area contributed by atoms with Crippen molar-refractivity contribution in [3.63, 3.8) is 0 Å². The SMILES string of the molecule is CNC(C)c1ccnc(Oc2cncc(Cl)c2)c1. The summed E-state index contributed by atoms with van der Waals surface area (Å²) in [4.78, 5) is 8.12. The maximum Gasteiger partial charge on any atom is 0.219 e. The minimum absolute atomic E-state index is 0.243. The average molecular weight is 264 g/mol. The van der Waals surface area contributed by atoms with Gasteiger partial charge in [-0.1, -0.05) is 11.6 Å². The summed E-state index contributed by atoms with van der Waals surface area (Å²) in [6.45, 7) is 2.07. The van der Waals surface area contributed by atoms with Crippen LogP contribution in [0, 0.1) is 0 Å². The van der Waals surface area contributed by atoms with E-state index in [1.54, 1.807) is 24.7 Å². The van der Waals surface area contributed by atoms with Gasteiger partial charge in [0.15, 0.2) is 0 Å². The van der Waals surface area contributed by atoms with Crippen LogP contribution in [0.25, 0.3) is 0 Å². The molecule has 0 radical (unpaired) electrons. The van der Waals surface area contributed by atoms with Crippen LogP contribution in [-0.2, 0) is 0 Å². The van der Waals surface area contributed by atoms with Gasteiger partial charge < -0.3 is 10.1 Å². The Labute approximate surface area is 111 Å². The molecule has 0 fully saturated rings. The number of aromatic nitrogens is 2. The summed E-state index contributed by atoms with van der Waals surface area (Å²) in [6, 6.07) is 5.78. The highest BCUT2D eigenvalue weighted by Crippen LogP contribution is 2.23. The van der Waals surface area contributed by atoms with E-state index in [1.165, 1.54) is 0 Å². The first kappa shape index (κ1) is 12.8. The van der Waals surface area contributed by atoms with E-state index in [-0.39, 0.29) is 6.04 Å². The van der Waals surface area contributed by atoms with Gasteiger partial charge in [0.1, 0.15) is 5.75 Å². The number of hydrogen-bond donors (Lipinski definition) is 1. The topological polar surface area (TPSA) is 47.0 Å². The van der Waals surface area contributed by atoms with E-state index in [2.05, 4.69) is 22.2 Å². The van der Waals surface area contributed by atoms with Crippen molar-refractivity contribution in [2.24, 2.45) is 0 Å². The van der Waals surface area contributed by atoms with Gasteiger partial charge in [0.2, 0.25) is 5.88 Å². The van der Waals surface area contributed by atoms with E-state index < -0.39 is 0 Å². The Hall–Kier alpha value is -1.65. The number of ether oxygens (including phenoxy) is 1. The minimum Gasteiger partial charge on any atom is -0.437 e. The Kier molecular flexibility index (Phi) is 4.12. The van der Waals surface area contributed by atoms with E-state index in [9.17, 15) is 0 Å². The molecule has 0 saturated carbocycles. The van der Waals surface area contributed by atoms with Crippen LogP contribution in [0.5, 0.6) is 11.6 Å². The van der Waals surface area contributed by atoms with Gasteiger partial charge in [0.25, 0.3) is 0 Å². The lowest BCUT2D eigenvalue weighted by molar-refractivity contribution is 0.458. The molecule has 18 heavy (non-hydrogen) atoms. The van der Waals surface area contributed by atoms with E-state index in [0.717, 1.165) is 5.56 Å². The van der Waals surface area contributed by atoms with Gasteiger partial charge in [0.05, 0.1) is 11.2 Å². The van der Waals surface area contributed by atoms with E-state index in [0.29, 0.717) is 16.7 Å². The number of pyridine rings is 2. The molecule has 1 atom stereocenters. The predicted octanol–water partition coefficient (Wildman–Crippen LogP) is 3.20. The summed E-state index contributed by atoms with van der Waals surface area (Å²) < 4.78 is 5.61. The standard InChI is InChI=1S/C13H14ClN3O/c1-9(15-2)10-3-4-17-13(5-10)18-12-6-11(14)7-16-8-12/h3-9,15H,1-2H3. The molecule has 4 nitrogen and oxygen atoms in total. The zero-order valence-corrected chi connectivity index (χ0v) is 11.0. The highest BCUT2D eigenvalue weighted by molar-refractivity contribution is 6.30. The van der Waals surface area contributed by atoms with E-state index >= 15 is 0 Å². The number of rotatable bonds is 4. The Balaban J connectivity index is 2.19. The molecule has 0 bridgehead atoms. The second kappa shape index (κ2) is 5.80. The normalized spacial score (nSPS) is 12.2. The van der Waals surface area contributed by atoms with Crippen LogP contribution in [0.2, 0.25) is 5.02 Å². The van der Waals surface area contributed by atoms with Gasteiger partial charge in [-0.2, -0.15) is 0 Å². The summed E-state index contributed by atoms with van der Waals surface area (Å²) in [5.41, 5.74) is 1.11. The molecule has 2 aromatic heterocycles. The Bertz CT molecular complexity index is 533. The maximum absolute atomic E-state index is 5.84. The van der Waals surface area contributed by atoms with Gasteiger partial charge in [0, 0.05) is 30.6 Å². The molecule has 1 N–H and O–H groups in total. The number of nitrogens with zero attached hydrogens (tertiary/aromatic N) is 2. The van der Waals surface area contributed by atoms with Crippen LogP contribution in [0.4, 0.5) is 0 Å². The average Bonchev–Trinajstić information content (AvgIpc) is 2.38. The number of halogens is 1. The fraction of sp³-hybridized carbons (Fsp3) is 0.231. The van der Waals surface area contributed by atoms with Crippen molar-refractivity contribution in [3.8, 4) is 11.6 Å². The molecule has 0 saturated heterocycles. The van der Waals surface area contributed by atoms with Crippen molar-refractivity contribution in [1.82, 2.24) is 15.3 Å². The van der Waals surface area contributed by atoms with Crippen LogP contribution in [-0.4, -0.2) is 17.0 Å². The van der Waals surface area contributed by atoms with Crippen molar-refractivity contribution >= 4 is 11.6 Å². The quantitative estimate of drug-likeness (QED) is 0.920. The molecule has 1 unspecified atom stereocenters. The van der Waals surface area contributed by atoms with Crippen LogP contribution in [0.1, 0.15) is 18.5 Å².